The number of esters is 2. The summed E-state index contributed by atoms with van der Waals surface area (Å²) in [6, 6.07) is 5.69. The summed E-state index contributed by atoms with van der Waals surface area (Å²) in [4.78, 5) is 51.6. The van der Waals surface area contributed by atoms with Gasteiger partial charge in [-0.2, -0.15) is 0 Å². The minimum atomic E-state index is -0.556. The standard InChI is InChI=1S/C34H48N4O6/c1-8-26-20(2)38(29-17-34(4,5)18-30(40)32(26)29)23-11-14-27(33(35)42)28(15-23)36-22-9-12-24(13-10-22)44-31(41)16-25(19-37(6)7)43-21(3)39/h11,14-15,22,24-25,36H,8-10,12-13,16-19H2,1-7H3,(H2,35,42)/t22-,24-,25?. The lowest BCUT2D eigenvalue weighted by molar-refractivity contribution is -0.158. The topological polar surface area (TPSA) is 133 Å². The number of rotatable bonds is 11. The van der Waals surface area contributed by atoms with Crippen LogP contribution in [-0.4, -0.2) is 72.0 Å². The number of benzene rings is 1. The summed E-state index contributed by atoms with van der Waals surface area (Å²) in [5.41, 5.74) is 11.6. The maximum absolute atomic E-state index is 13.2. The van der Waals surface area contributed by atoms with Crippen LogP contribution in [0.1, 0.15) is 104 Å². The third kappa shape index (κ3) is 7.70. The summed E-state index contributed by atoms with van der Waals surface area (Å²) in [7, 11) is 3.71. The summed E-state index contributed by atoms with van der Waals surface area (Å²) in [6.45, 7) is 10.2. The monoisotopic (exact) mass is 608 g/mol. The quantitative estimate of drug-likeness (QED) is 0.349. The highest BCUT2D eigenvalue weighted by molar-refractivity contribution is 6.01. The number of carbonyl (C=O) groups excluding carboxylic acids is 4. The molecule has 0 aliphatic heterocycles. The van der Waals surface area contributed by atoms with E-state index in [4.69, 9.17) is 15.2 Å². The lowest BCUT2D eigenvalue weighted by Gasteiger charge is -2.31. The van der Waals surface area contributed by atoms with Crippen LogP contribution in [-0.2, 0) is 31.9 Å². The van der Waals surface area contributed by atoms with E-state index in [1.165, 1.54) is 6.92 Å². The second-order valence-electron chi connectivity index (χ2n) is 13.4. The van der Waals surface area contributed by atoms with Crippen molar-refractivity contribution in [2.45, 2.75) is 104 Å². The van der Waals surface area contributed by atoms with Gasteiger partial charge < -0.3 is 30.0 Å². The molecule has 1 atom stereocenters. The van der Waals surface area contributed by atoms with Crippen LogP contribution in [0.15, 0.2) is 18.2 Å². The van der Waals surface area contributed by atoms with Gasteiger partial charge in [0.25, 0.3) is 5.91 Å². The third-order valence-corrected chi connectivity index (χ3v) is 8.70. The first kappa shape index (κ1) is 33.2. The fraction of sp³-hybridized carbons (Fsp3) is 0.588. The first-order valence-corrected chi connectivity index (χ1v) is 15.7. The molecule has 10 nitrogen and oxygen atoms in total. The fourth-order valence-corrected chi connectivity index (χ4v) is 6.88. The number of anilines is 1. The van der Waals surface area contributed by atoms with Crippen LogP contribution in [0.2, 0.25) is 0 Å². The Morgan fingerprint density at radius 1 is 1.14 bits per heavy atom. The summed E-state index contributed by atoms with van der Waals surface area (Å²) in [5.74, 6) is -1.13. The number of ether oxygens (including phenoxy) is 2. The molecule has 2 aliphatic rings. The molecule has 1 aromatic heterocycles. The number of amides is 1. The molecule has 1 amide bonds. The van der Waals surface area contributed by atoms with Crippen LogP contribution >= 0.6 is 0 Å². The number of aromatic nitrogens is 1. The molecule has 1 unspecified atom stereocenters. The Balaban J connectivity index is 1.49. The maximum atomic E-state index is 13.2. The summed E-state index contributed by atoms with van der Waals surface area (Å²) in [5, 5.41) is 3.55. The van der Waals surface area contributed by atoms with Gasteiger partial charge in [0.15, 0.2) is 5.78 Å². The lowest BCUT2D eigenvalue weighted by atomic mass is 9.75. The number of fused-ring (bicyclic) bond motifs is 1. The zero-order valence-corrected chi connectivity index (χ0v) is 27.2. The van der Waals surface area contributed by atoms with E-state index in [2.05, 4.69) is 37.6 Å². The van der Waals surface area contributed by atoms with E-state index in [0.29, 0.717) is 37.1 Å². The van der Waals surface area contributed by atoms with E-state index in [9.17, 15) is 19.2 Å². The average Bonchev–Trinajstić information content (AvgIpc) is 3.18. The molecule has 10 heteroatoms. The molecule has 1 aromatic carbocycles. The smallest absolute Gasteiger partial charge is 0.309 e. The molecule has 2 aromatic rings. The normalized spacial score (nSPS) is 20.1. The first-order valence-electron chi connectivity index (χ1n) is 15.7. The van der Waals surface area contributed by atoms with Crippen LogP contribution in [0.4, 0.5) is 5.69 Å². The lowest BCUT2D eigenvalue weighted by Crippen LogP contribution is -2.35. The molecule has 3 N–H and O–H groups in total. The number of primary amides is 1. The van der Waals surface area contributed by atoms with Crippen molar-refractivity contribution < 1.29 is 28.7 Å². The Morgan fingerprint density at radius 2 is 1.82 bits per heavy atom. The molecule has 0 saturated heterocycles. The van der Waals surface area contributed by atoms with Crippen molar-refractivity contribution in [3.8, 4) is 5.69 Å². The van der Waals surface area contributed by atoms with Crippen LogP contribution in [0.3, 0.4) is 0 Å². The van der Waals surface area contributed by atoms with Crippen LogP contribution in [0.5, 0.6) is 0 Å². The maximum Gasteiger partial charge on any atom is 0.309 e. The third-order valence-electron chi connectivity index (χ3n) is 8.70. The van der Waals surface area contributed by atoms with Crippen molar-refractivity contribution in [3.63, 3.8) is 0 Å². The molecule has 44 heavy (non-hydrogen) atoms. The number of carbonyl (C=O) groups is 4. The van der Waals surface area contributed by atoms with Gasteiger partial charge in [0.2, 0.25) is 0 Å². The molecule has 0 spiro atoms. The number of hydrogen-bond acceptors (Lipinski definition) is 8. The number of hydrogen-bond donors (Lipinski definition) is 2. The van der Waals surface area contributed by atoms with Gasteiger partial charge in [0.1, 0.15) is 12.2 Å². The number of ketones is 1. The van der Waals surface area contributed by atoms with Gasteiger partial charge in [0.05, 0.1) is 12.0 Å². The van der Waals surface area contributed by atoms with Crippen molar-refractivity contribution >= 4 is 29.3 Å². The molecule has 1 saturated carbocycles. The minimum absolute atomic E-state index is 0.00966. The number of likely N-dealkylation sites (N-methyl/N-ethyl adjacent to an activating group) is 1. The first-order chi connectivity index (χ1) is 20.7. The minimum Gasteiger partial charge on any atom is -0.462 e. The van der Waals surface area contributed by atoms with Crippen LogP contribution in [0.25, 0.3) is 5.69 Å². The van der Waals surface area contributed by atoms with Crippen LogP contribution < -0.4 is 11.1 Å². The van der Waals surface area contributed by atoms with Gasteiger partial charge in [-0.25, -0.2) is 0 Å². The number of nitrogens with two attached hydrogens (primary N) is 1. The number of Topliss-reactive ketones (excluding diaryl/α,β-unsaturated/α-hetero) is 1. The molecule has 2 aliphatic carbocycles. The summed E-state index contributed by atoms with van der Waals surface area (Å²) < 4.78 is 13.2. The highest BCUT2D eigenvalue weighted by atomic mass is 16.6. The molecule has 4 rings (SSSR count). The zero-order valence-electron chi connectivity index (χ0n) is 27.2. The molecular formula is C34H48N4O6. The predicted octanol–water partition coefficient (Wildman–Crippen LogP) is 4.75. The van der Waals surface area contributed by atoms with Gasteiger partial charge in [-0.05, 0) is 88.7 Å². The highest BCUT2D eigenvalue weighted by Crippen LogP contribution is 2.40. The van der Waals surface area contributed by atoms with E-state index in [-0.39, 0.29) is 35.7 Å². The average molecular weight is 609 g/mol. The Hall–Kier alpha value is -3.66. The van der Waals surface area contributed by atoms with Gasteiger partial charge in [-0.15, -0.1) is 0 Å². The van der Waals surface area contributed by atoms with Gasteiger partial charge in [-0.3, -0.25) is 19.2 Å². The SMILES string of the molecule is CCc1c2c(n(-c3ccc(C(N)=O)c(N[C@H]4CC[C@H](OC(=O)CC(CN(C)C)OC(C)=O)CC4)c3)c1C)CC(C)(C)CC2=O. The van der Waals surface area contributed by atoms with E-state index < -0.39 is 18.0 Å². The van der Waals surface area contributed by atoms with E-state index in [1.54, 1.807) is 6.07 Å². The molecule has 0 bridgehead atoms. The highest BCUT2D eigenvalue weighted by Gasteiger charge is 2.37. The van der Waals surface area contributed by atoms with E-state index >= 15 is 0 Å². The molecule has 1 heterocycles. The second-order valence-corrected chi connectivity index (χ2v) is 13.4. The number of nitrogens with zero attached hydrogens (tertiary/aromatic N) is 2. The predicted molar refractivity (Wildman–Crippen MR) is 169 cm³/mol. The van der Waals surface area contributed by atoms with Crippen molar-refractivity contribution in [1.29, 1.82) is 0 Å². The molecule has 0 radical (unpaired) electrons. The van der Waals surface area contributed by atoms with E-state index in [0.717, 1.165) is 53.9 Å². The second kappa shape index (κ2) is 13.5. The van der Waals surface area contributed by atoms with Gasteiger partial charge in [0, 0.05) is 54.3 Å². The Kier molecular flexibility index (Phi) is 10.2. The van der Waals surface area contributed by atoms with Crippen molar-refractivity contribution in [2.75, 3.05) is 26.0 Å². The van der Waals surface area contributed by atoms with Gasteiger partial charge >= 0.3 is 11.9 Å². The Labute approximate surface area is 260 Å². The molecule has 240 valence electrons. The van der Waals surface area contributed by atoms with E-state index in [1.807, 2.05) is 31.1 Å². The van der Waals surface area contributed by atoms with Gasteiger partial charge in [-0.1, -0.05) is 20.8 Å². The summed E-state index contributed by atoms with van der Waals surface area (Å²) in [6.07, 6.45) is 4.14. The fourth-order valence-electron chi connectivity index (χ4n) is 6.88. The molecule has 1 fully saturated rings. The van der Waals surface area contributed by atoms with Crippen molar-refractivity contribution in [2.24, 2.45) is 11.1 Å². The zero-order chi connectivity index (χ0) is 32.3. The van der Waals surface area contributed by atoms with Crippen molar-refractivity contribution in [1.82, 2.24) is 9.47 Å². The summed E-state index contributed by atoms with van der Waals surface area (Å²) >= 11 is 0. The largest absolute Gasteiger partial charge is 0.462 e. The van der Waals surface area contributed by atoms with Crippen molar-refractivity contribution in [3.05, 3.63) is 46.3 Å². The van der Waals surface area contributed by atoms with Crippen LogP contribution in [0, 0.1) is 12.3 Å². The Bertz CT molecular complexity index is 1420. The molecular weight excluding hydrogens is 560 g/mol. The Morgan fingerprint density at radius 3 is 2.41 bits per heavy atom. The number of nitrogens with one attached hydrogen (secondary N) is 1.